The second-order valence-electron chi connectivity index (χ2n) is 5.91. The summed E-state index contributed by atoms with van der Waals surface area (Å²) in [5.74, 6) is 1.78. The fourth-order valence-electron chi connectivity index (χ4n) is 2.90. The molecule has 0 saturated carbocycles. The molecule has 1 aromatic rings. The largest absolute Gasteiger partial charge is 0.384 e. The smallest absolute Gasteiger partial charge is 0.129 e. The Morgan fingerprint density at radius 2 is 2.24 bits per heavy atom. The highest BCUT2D eigenvalue weighted by Gasteiger charge is 2.23. The van der Waals surface area contributed by atoms with E-state index in [-0.39, 0.29) is 0 Å². The second kappa shape index (κ2) is 8.35. The Hall–Kier alpha value is -1.13. The standard InChI is InChI=1S/C17H29N3O/c1-4-7-18-11-15-9-16(5-2)19-17(10-15)20-8-6-14(12-20)13-21-3/h9-10,14,18H,4-8,11-13H2,1-3H3. The summed E-state index contributed by atoms with van der Waals surface area (Å²) in [7, 11) is 1.79. The van der Waals surface area contributed by atoms with Crippen LogP contribution in [0.3, 0.4) is 0 Å². The number of hydrogen-bond acceptors (Lipinski definition) is 4. The zero-order valence-electron chi connectivity index (χ0n) is 13.7. The van der Waals surface area contributed by atoms with Gasteiger partial charge in [-0.3, -0.25) is 0 Å². The van der Waals surface area contributed by atoms with Crippen LogP contribution in [0.5, 0.6) is 0 Å². The highest BCUT2D eigenvalue weighted by atomic mass is 16.5. The maximum atomic E-state index is 5.29. The summed E-state index contributed by atoms with van der Waals surface area (Å²) in [5.41, 5.74) is 2.54. The van der Waals surface area contributed by atoms with Gasteiger partial charge < -0.3 is 15.0 Å². The molecule has 118 valence electrons. The number of anilines is 1. The maximum absolute atomic E-state index is 5.29. The van der Waals surface area contributed by atoms with E-state index in [1.165, 1.54) is 24.1 Å². The van der Waals surface area contributed by atoms with Gasteiger partial charge in [0.1, 0.15) is 5.82 Å². The van der Waals surface area contributed by atoms with Crippen LogP contribution in [0.15, 0.2) is 12.1 Å². The lowest BCUT2D eigenvalue weighted by Gasteiger charge is -2.19. The first-order valence-corrected chi connectivity index (χ1v) is 8.21. The minimum atomic E-state index is 0.642. The average molecular weight is 291 g/mol. The Kier molecular flexibility index (Phi) is 6.46. The summed E-state index contributed by atoms with van der Waals surface area (Å²) in [6, 6.07) is 4.48. The summed E-state index contributed by atoms with van der Waals surface area (Å²) in [4.78, 5) is 7.22. The van der Waals surface area contributed by atoms with Crippen molar-refractivity contribution in [2.24, 2.45) is 5.92 Å². The SMILES string of the molecule is CCCNCc1cc(CC)nc(N2CCC(COC)C2)c1. The number of hydrogen-bond donors (Lipinski definition) is 1. The quantitative estimate of drug-likeness (QED) is 0.747. The van der Waals surface area contributed by atoms with E-state index in [1.807, 2.05) is 0 Å². The monoisotopic (exact) mass is 291 g/mol. The third-order valence-electron chi connectivity index (χ3n) is 4.06. The van der Waals surface area contributed by atoms with Gasteiger partial charge in [-0.1, -0.05) is 13.8 Å². The fraction of sp³-hybridized carbons (Fsp3) is 0.706. The first-order chi connectivity index (χ1) is 10.3. The van der Waals surface area contributed by atoms with Crippen LogP contribution in [0.2, 0.25) is 0 Å². The number of ether oxygens (including phenoxy) is 1. The summed E-state index contributed by atoms with van der Waals surface area (Å²) in [6.07, 6.45) is 3.36. The first kappa shape index (κ1) is 16.2. The van der Waals surface area contributed by atoms with Crippen molar-refractivity contribution < 1.29 is 4.74 Å². The van der Waals surface area contributed by atoms with Crippen LogP contribution in [0.1, 0.15) is 37.9 Å². The van der Waals surface area contributed by atoms with Crippen molar-refractivity contribution in [3.05, 3.63) is 23.4 Å². The minimum absolute atomic E-state index is 0.642. The normalized spacial score (nSPS) is 18.4. The molecule has 1 unspecified atom stereocenters. The number of nitrogens with zero attached hydrogens (tertiary/aromatic N) is 2. The van der Waals surface area contributed by atoms with Crippen molar-refractivity contribution in [1.29, 1.82) is 0 Å². The number of pyridine rings is 1. The average Bonchev–Trinajstić information content (AvgIpc) is 2.96. The number of methoxy groups -OCH3 is 1. The zero-order chi connectivity index (χ0) is 15.1. The molecule has 21 heavy (non-hydrogen) atoms. The van der Waals surface area contributed by atoms with E-state index in [1.54, 1.807) is 7.11 Å². The van der Waals surface area contributed by atoms with Crippen LogP contribution in [0, 0.1) is 5.92 Å². The molecule has 1 fully saturated rings. The Labute approximate surface area is 128 Å². The van der Waals surface area contributed by atoms with Crippen molar-refractivity contribution >= 4 is 5.82 Å². The molecular formula is C17H29N3O. The maximum Gasteiger partial charge on any atom is 0.129 e. The van der Waals surface area contributed by atoms with Gasteiger partial charge in [0.25, 0.3) is 0 Å². The minimum Gasteiger partial charge on any atom is -0.384 e. The molecule has 1 N–H and O–H groups in total. The van der Waals surface area contributed by atoms with Crippen LogP contribution >= 0.6 is 0 Å². The van der Waals surface area contributed by atoms with Crippen LogP contribution < -0.4 is 10.2 Å². The molecule has 0 amide bonds. The molecule has 0 bridgehead atoms. The number of aryl methyl sites for hydroxylation is 1. The fourth-order valence-corrected chi connectivity index (χ4v) is 2.90. The Morgan fingerprint density at radius 1 is 1.38 bits per heavy atom. The Morgan fingerprint density at radius 3 is 2.95 bits per heavy atom. The lowest BCUT2D eigenvalue weighted by molar-refractivity contribution is 0.161. The molecule has 0 radical (unpaired) electrons. The first-order valence-electron chi connectivity index (χ1n) is 8.21. The van der Waals surface area contributed by atoms with Gasteiger partial charge in [0, 0.05) is 38.4 Å². The lowest BCUT2D eigenvalue weighted by Crippen LogP contribution is -2.23. The van der Waals surface area contributed by atoms with Crippen molar-refractivity contribution in [3.8, 4) is 0 Å². The number of rotatable bonds is 8. The summed E-state index contributed by atoms with van der Waals surface area (Å²) < 4.78 is 5.29. The Balaban J connectivity index is 2.06. The molecule has 0 spiro atoms. The van der Waals surface area contributed by atoms with E-state index in [9.17, 15) is 0 Å². The van der Waals surface area contributed by atoms with Gasteiger partial charge in [-0.05, 0) is 43.5 Å². The predicted octanol–water partition coefficient (Wildman–Crippen LogP) is 2.62. The molecule has 2 heterocycles. The topological polar surface area (TPSA) is 37.4 Å². The van der Waals surface area contributed by atoms with E-state index in [4.69, 9.17) is 9.72 Å². The van der Waals surface area contributed by atoms with Crippen LogP contribution in [-0.4, -0.2) is 38.3 Å². The van der Waals surface area contributed by atoms with E-state index < -0.39 is 0 Å². The van der Waals surface area contributed by atoms with E-state index in [0.717, 1.165) is 45.0 Å². The lowest BCUT2D eigenvalue weighted by atomic mass is 10.1. The number of nitrogens with one attached hydrogen (secondary N) is 1. The summed E-state index contributed by atoms with van der Waals surface area (Å²) in [6.45, 7) is 9.39. The molecule has 4 nitrogen and oxygen atoms in total. The summed E-state index contributed by atoms with van der Waals surface area (Å²) in [5, 5.41) is 3.48. The van der Waals surface area contributed by atoms with E-state index in [2.05, 4.69) is 36.2 Å². The molecule has 1 aliphatic heterocycles. The highest BCUT2D eigenvalue weighted by Crippen LogP contribution is 2.24. The molecule has 1 aliphatic rings. The van der Waals surface area contributed by atoms with Gasteiger partial charge in [-0.25, -0.2) is 4.98 Å². The molecule has 4 heteroatoms. The van der Waals surface area contributed by atoms with Crippen molar-refractivity contribution in [2.45, 2.75) is 39.7 Å². The third kappa shape index (κ3) is 4.68. The van der Waals surface area contributed by atoms with Crippen molar-refractivity contribution in [3.63, 3.8) is 0 Å². The summed E-state index contributed by atoms with van der Waals surface area (Å²) >= 11 is 0. The Bertz CT molecular complexity index is 436. The molecule has 0 aromatic carbocycles. The van der Waals surface area contributed by atoms with Crippen molar-refractivity contribution in [1.82, 2.24) is 10.3 Å². The van der Waals surface area contributed by atoms with Gasteiger partial charge in [0.2, 0.25) is 0 Å². The third-order valence-corrected chi connectivity index (χ3v) is 4.06. The number of aromatic nitrogens is 1. The van der Waals surface area contributed by atoms with Gasteiger partial charge in [0.05, 0.1) is 6.61 Å². The molecule has 1 saturated heterocycles. The molecule has 1 aromatic heterocycles. The van der Waals surface area contributed by atoms with Crippen LogP contribution in [-0.2, 0) is 17.7 Å². The van der Waals surface area contributed by atoms with Crippen LogP contribution in [0.4, 0.5) is 5.82 Å². The van der Waals surface area contributed by atoms with Gasteiger partial charge in [-0.15, -0.1) is 0 Å². The van der Waals surface area contributed by atoms with Crippen LogP contribution in [0.25, 0.3) is 0 Å². The molecule has 2 rings (SSSR count). The van der Waals surface area contributed by atoms with E-state index in [0.29, 0.717) is 5.92 Å². The molecule has 0 aliphatic carbocycles. The van der Waals surface area contributed by atoms with Gasteiger partial charge in [-0.2, -0.15) is 0 Å². The van der Waals surface area contributed by atoms with Gasteiger partial charge >= 0.3 is 0 Å². The van der Waals surface area contributed by atoms with Gasteiger partial charge in [0.15, 0.2) is 0 Å². The highest BCUT2D eigenvalue weighted by molar-refractivity contribution is 5.44. The molecule has 1 atom stereocenters. The predicted molar refractivity (Wildman–Crippen MR) is 87.8 cm³/mol. The van der Waals surface area contributed by atoms with Crippen molar-refractivity contribution in [2.75, 3.05) is 38.3 Å². The molecular weight excluding hydrogens is 262 g/mol. The second-order valence-corrected chi connectivity index (χ2v) is 5.91. The van der Waals surface area contributed by atoms with E-state index >= 15 is 0 Å². The zero-order valence-corrected chi connectivity index (χ0v) is 13.7.